The van der Waals surface area contributed by atoms with Gasteiger partial charge in [0.05, 0.1) is 11.8 Å². The van der Waals surface area contributed by atoms with Crippen molar-refractivity contribution in [3.63, 3.8) is 0 Å². The average Bonchev–Trinajstić information content (AvgIpc) is 2.91. The van der Waals surface area contributed by atoms with Crippen LogP contribution >= 0.6 is 11.8 Å². The second kappa shape index (κ2) is 4.22. The molecular formula is C13H10N2OS. The molecule has 0 amide bonds. The van der Waals surface area contributed by atoms with Crippen LogP contribution in [0, 0.1) is 0 Å². The smallest absolute Gasteiger partial charge is 0.196 e. The van der Waals surface area contributed by atoms with Crippen LogP contribution in [0.5, 0.6) is 0 Å². The molecule has 1 aliphatic heterocycles. The van der Waals surface area contributed by atoms with E-state index in [1.807, 2.05) is 18.2 Å². The van der Waals surface area contributed by atoms with Gasteiger partial charge in [0.2, 0.25) is 0 Å². The summed E-state index contributed by atoms with van der Waals surface area (Å²) >= 11 is 1.70. The number of hydrogen-bond donors (Lipinski definition) is 1. The van der Waals surface area contributed by atoms with Gasteiger partial charge in [-0.1, -0.05) is 17.8 Å². The number of thioether (sulfide) groups is 1. The average molecular weight is 242 g/mol. The molecule has 0 radical (unpaired) electrons. The number of aromatic nitrogens is 2. The molecule has 1 aromatic heterocycles. The van der Waals surface area contributed by atoms with Crippen LogP contribution in [0.15, 0.2) is 47.0 Å². The molecule has 0 spiro atoms. The SMILES string of the molecule is O=C(c1cn[nH]c1)c1ccc2c(c1)CC=CS2. The van der Waals surface area contributed by atoms with Crippen molar-refractivity contribution in [2.45, 2.75) is 11.3 Å². The molecule has 1 aliphatic rings. The quantitative estimate of drug-likeness (QED) is 0.824. The molecule has 0 atom stereocenters. The molecule has 2 heterocycles. The Morgan fingerprint density at radius 1 is 1.35 bits per heavy atom. The number of aromatic amines is 1. The lowest BCUT2D eigenvalue weighted by atomic mass is 10.0. The van der Waals surface area contributed by atoms with Gasteiger partial charge < -0.3 is 0 Å². The molecule has 3 rings (SSSR count). The molecule has 2 aromatic rings. The Bertz CT molecular complexity index is 587. The Morgan fingerprint density at radius 3 is 3.12 bits per heavy atom. The van der Waals surface area contributed by atoms with Crippen LogP contribution in [0.2, 0.25) is 0 Å². The first-order chi connectivity index (χ1) is 8.34. The van der Waals surface area contributed by atoms with E-state index in [9.17, 15) is 4.79 Å². The molecule has 0 aliphatic carbocycles. The van der Waals surface area contributed by atoms with Crippen LogP contribution in [-0.4, -0.2) is 16.0 Å². The number of nitrogens with zero attached hydrogens (tertiary/aromatic N) is 1. The highest BCUT2D eigenvalue weighted by atomic mass is 32.2. The molecule has 17 heavy (non-hydrogen) atoms. The first kappa shape index (κ1) is 10.4. The van der Waals surface area contributed by atoms with Gasteiger partial charge in [-0.3, -0.25) is 9.89 Å². The van der Waals surface area contributed by atoms with Gasteiger partial charge >= 0.3 is 0 Å². The van der Waals surface area contributed by atoms with Crippen molar-refractivity contribution >= 4 is 17.5 Å². The largest absolute Gasteiger partial charge is 0.288 e. The Hall–Kier alpha value is -1.81. The molecule has 84 valence electrons. The maximum atomic E-state index is 12.1. The highest BCUT2D eigenvalue weighted by Crippen LogP contribution is 2.29. The van der Waals surface area contributed by atoms with Crippen LogP contribution in [0.4, 0.5) is 0 Å². The molecule has 0 saturated heterocycles. The number of fused-ring (bicyclic) bond motifs is 1. The third-order valence-electron chi connectivity index (χ3n) is 2.71. The minimum Gasteiger partial charge on any atom is -0.288 e. The molecule has 0 saturated carbocycles. The number of hydrogen-bond acceptors (Lipinski definition) is 3. The Balaban J connectivity index is 1.98. The zero-order chi connectivity index (χ0) is 11.7. The topological polar surface area (TPSA) is 45.8 Å². The number of rotatable bonds is 2. The van der Waals surface area contributed by atoms with E-state index in [0.29, 0.717) is 5.56 Å². The van der Waals surface area contributed by atoms with Crippen molar-refractivity contribution in [1.29, 1.82) is 0 Å². The first-order valence-electron chi connectivity index (χ1n) is 5.32. The number of benzene rings is 1. The minimum atomic E-state index is 0.0149. The van der Waals surface area contributed by atoms with E-state index in [1.165, 1.54) is 10.5 Å². The molecule has 4 heteroatoms. The van der Waals surface area contributed by atoms with Crippen LogP contribution in [0.3, 0.4) is 0 Å². The highest BCUT2D eigenvalue weighted by molar-refractivity contribution is 8.02. The lowest BCUT2D eigenvalue weighted by Gasteiger charge is -2.11. The zero-order valence-corrected chi connectivity index (χ0v) is 9.83. The summed E-state index contributed by atoms with van der Waals surface area (Å²) in [5.74, 6) is 0.0149. The van der Waals surface area contributed by atoms with Crippen molar-refractivity contribution in [1.82, 2.24) is 10.2 Å². The predicted molar refractivity (Wildman–Crippen MR) is 67.2 cm³/mol. The number of carbonyl (C=O) groups excluding carboxylic acids is 1. The maximum absolute atomic E-state index is 12.1. The van der Waals surface area contributed by atoms with Crippen LogP contribution in [0.25, 0.3) is 0 Å². The Labute approximate surface area is 103 Å². The lowest BCUT2D eigenvalue weighted by molar-refractivity contribution is 0.103. The van der Waals surface area contributed by atoms with E-state index in [2.05, 4.69) is 21.7 Å². The summed E-state index contributed by atoms with van der Waals surface area (Å²) in [6.07, 6.45) is 6.18. The van der Waals surface area contributed by atoms with Crippen LogP contribution < -0.4 is 0 Å². The normalized spacial score (nSPS) is 13.4. The van der Waals surface area contributed by atoms with Gasteiger partial charge in [-0.2, -0.15) is 5.10 Å². The molecule has 1 aromatic carbocycles. The van der Waals surface area contributed by atoms with Gasteiger partial charge in [-0.05, 0) is 35.6 Å². The molecule has 3 nitrogen and oxygen atoms in total. The second-order valence-electron chi connectivity index (χ2n) is 3.83. The second-order valence-corrected chi connectivity index (χ2v) is 4.78. The molecule has 1 N–H and O–H groups in total. The summed E-state index contributed by atoms with van der Waals surface area (Å²) in [4.78, 5) is 13.3. The fraction of sp³-hybridized carbons (Fsp3) is 0.0769. The van der Waals surface area contributed by atoms with Gasteiger partial charge in [0.15, 0.2) is 5.78 Å². The Kier molecular flexibility index (Phi) is 2.57. The van der Waals surface area contributed by atoms with Gasteiger partial charge in [-0.25, -0.2) is 0 Å². The number of carbonyl (C=O) groups is 1. The van der Waals surface area contributed by atoms with Crippen molar-refractivity contribution in [3.05, 3.63) is 58.8 Å². The number of allylic oxidation sites excluding steroid dienone is 1. The molecule has 0 bridgehead atoms. The summed E-state index contributed by atoms with van der Waals surface area (Å²) in [6.45, 7) is 0. The van der Waals surface area contributed by atoms with Gasteiger partial charge in [0.1, 0.15) is 0 Å². The van der Waals surface area contributed by atoms with E-state index in [0.717, 1.165) is 12.0 Å². The first-order valence-corrected chi connectivity index (χ1v) is 6.20. The third-order valence-corrected chi connectivity index (χ3v) is 3.69. The number of H-pyrrole nitrogens is 1. The summed E-state index contributed by atoms with van der Waals surface area (Å²) in [5.41, 5.74) is 2.54. The summed E-state index contributed by atoms with van der Waals surface area (Å²) in [6, 6.07) is 5.86. The van der Waals surface area contributed by atoms with Gasteiger partial charge in [0, 0.05) is 16.7 Å². The van der Waals surface area contributed by atoms with Crippen molar-refractivity contribution in [2.75, 3.05) is 0 Å². The van der Waals surface area contributed by atoms with E-state index in [1.54, 1.807) is 24.2 Å². The zero-order valence-electron chi connectivity index (χ0n) is 9.01. The summed E-state index contributed by atoms with van der Waals surface area (Å²) < 4.78 is 0. The Morgan fingerprint density at radius 2 is 2.29 bits per heavy atom. The fourth-order valence-electron chi connectivity index (χ4n) is 1.83. The van der Waals surface area contributed by atoms with E-state index >= 15 is 0 Å². The fourth-order valence-corrected chi connectivity index (χ4v) is 2.61. The third kappa shape index (κ3) is 1.91. The van der Waals surface area contributed by atoms with E-state index in [-0.39, 0.29) is 5.78 Å². The van der Waals surface area contributed by atoms with E-state index < -0.39 is 0 Å². The van der Waals surface area contributed by atoms with Crippen molar-refractivity contribution in [2.24, 2.45) is 0 Å². The predicted octanol–water partition coefficient (Wildman–Crippen LogP) is 2.80. The highest BCUT2D eigenvalue weighted by Gasteiger charge is 2.13. The van der Waals surface area contributed by atoms with Gasteiger partial charge in [0.25, 0.3) is 0 Å². The lowest BCUT2D eigenvalue weighted by Crippen LogP contribution is -2.02. The summed E-state index contributed by atoms with van der Waals surface area (Å²) in [7, 11) is 0. The molecular weight excluding hydrogens is 232 g/mol. The monoisotopic (exact) mass is 242 g/mol. The van der Waals surface area contributed by atoms with Crippen LogP contribution in [-0.2, 0) is 6.42 Å². The summed E-state index contributed by atoms with van der Waals surface area (Å²) in [5, 5.41) is 8.53. The van der Waals surface area contributed by atoms with Crippen molar-refractivity contribution in [3.8, 4) is 0 Å². The van der Waals surface area contributed by atoms with E-state index in [4.69, 9.17) is 0 Å². The van der Waals surface area contributed by atoms with Gasteiger partial charge in [-0.15, -0.1) is 0 Å². The standard InChI is InChI=1S/C13H10N2OS/c16-13(11-7-14-15-8-11)10-3-4-12-9(6-10)2-1-5-17-12/h1,3-8H,2H2,(H,14,15). The van der Waals surface area contributed by atoms with Crippen molar-refractivity contribution < 1.29 is 4.79 Å². The number of ketones is 1. The number of nitrogens with one attached hydrogen (secondary N) is 1. The minimum absolute atomic E-state index is 0.0149. The molecule has 0 fully saturated rings. The molecule has 0 unspecified atom stereocenters. The maximum Gasteiger partial charge on any atom is 0.196 e. The van der Waals surface area contributed by atoms with Crippen LogP contribution in [0.1, 0.15) is 21.5 Å².